The van der Waals surface area contributed by atoms with Crippen molar-refractivity contribution in [3.8, 4) is 0 Å². The second-order valence-corrected chi connectivity index (χ2v) is 8.88. The summed E-state index contributed by atoms with van der Waals surface area (Å²) in [6.07, 6.45) is 1.85. The van der Waals surface area contributed by atoms with Crippen LogP contribution in [0.2, 0.25) is 0 Å². The molecule has 2 amide bonds. The van der Waals surface area contributed by atoms with Gasteiger partial charge in [0, 0.05) is 37.2 Å². The average Bonchev–Trinajstić information content (AvgIpc) is 3.19. The number of benzene rings is 2. The van der Waals surface area contributed by atoms with Crippen molar-refractivity contribution in [2.75, 3.05) is 32.7 Å². The van der Waals surface area contributed by atoms with E-state index in [1.54, 1.807) is 13.0 Å². The van der Waals surface area contributed by atoms with Crippen molar-refractivity contribution in [1.82, 2.24) is 9.80 Å². The fraction of sp³-hybridized carbons (Fsp3) is 0.417. The summed E-state index contributed by atoms with van der Waals surface area (Å²) in [5.74, 6) is -0.549. The highest BCUT2D eigenvalue weighted by Crippen LogP contribution is 2.46. The summed E-state index contributed by atoms with van der Waals surface area (Å²) >= 11 is 0. The summed E-state index contributed by atoms with van der Waals surface area (Å²) in [7, 11) is 0. The van der Waals surface area contributed by atoms with Crippen LogP contribution in [0.1, 0.15) is 27.9 Å². The van der Waals surface area contributed by atoms with Crippen LogP contribution in [0, 0.1) is 24.1 Å². The minimum Gasteiger partial charge on any atom is -0.369 e. The number of nitrogens with two attached hydrogens (primary N) is 1. The summed E-state index contributed by atoms with van der Waals surface area (Å²) in [6, 6.07) is 14.8. The van der Waals surface area contributed by atoms with Crippen molar-refractivity contribution >= 4 is 11.8 Å². The molecule has 6 heteroatoms. The molecule has 158 valence electrons. The molecule has 2 saturated heterocycles. The van der Waals surface area contributed by atoms with Gasteiger partial charge in [-0.25, -0.2) is 4.39 Å². The van der Waals surface area contributed by atoms with E-state index in [1.165, 1.54) is 17.7 Å². The SMILES string of the molecule is Cc1cc(F)cc(C(=O)N2C[C@@H]3CN(CC(N)=O)C[C@]3(CCc3ccccc3)C2)c1. The normalized spacial score (nSPS) is 23.5. The van der Waals surface area contributed by atoms with Gasteiger partial charge in [-0.3, -0.25) is 14.5 Å². The first-order valence-corrected chi connectivity index (χ1v) is 10.5. The molecule has 2 atom stereocenters. The fourth-order valence-corrected chi connectivity index (χ4v) is 5.22. The van der Waals surface area contributed by atoms with E-state index < -0.39 is 0 Å². The van der Waals surface area contributed by atoms with E-state index in [9.17, 15) is 14.0 Å². The number of nitrogens with zero attached hydrogens (tertiary/aromatic N) is 2. The minimum atomic E-state index is -0.385. The zero-order valence-electron chi connectivity index (χ0n) is 17.3. The molecule has 4 rings (SSSR count). The van der Waals surface area contributed by atoms with Crippen LogP contribution in [0.3, 0.4) is 0 Å². The number of carbonyl (C=O) groups excluding carboxylic acids is 2. The molecule has 2 aliphatic heterocycles. The monoisotopic (exact) mass is 409 g/mol. The number of carbonyl (C=O) groups is 2. The molecule has 0 aromatic heterocycles. The first-order valence-electron chi connectivity index (χ1n) is 10.5. The maximum absolute atomic E-state index is 13.8. The lowest BCUT2D eigenvalue weighted by Crippen LogP contribution is -2.39. The highest BCUT2D eigenvalue weighted by Gasteiger charge is 2.53. The smallest absolute Gasteiger partial charge is 0.253 e. The Kier molecular flexibility index (Phi) is 5.60. The van der Waals surface area contributed by atoms with E-state index in [0.29, 0.717) is 18.7 Å². The zero-order chi connectivity index (χ0) is 21.3. The predicted molar refractivity (Wildman–Crippen MR) is 113 cm³/mol. The molecule has 0 bridgehead atoms. The number of hydrogen-bond acceptors (Lipinski definition) is 3. The molecular weight excluding hydrogens is 381 g/mol. The topological polar surface area (TPSA) is 66.6 Å². The number of fused-ring (bicyclic) bond motifs is 1. The highest BCUT2D eigenvalue weighted by atomic mass is 19.1. The number of hydrogen-bond donors (Lipinski definition) is 1. The maximum Gasteiger partial charge on any atom is 0.253 e. The van der Waals surface area contributed by atoms with Crippen molar-refractivity contribution in [2.45, 2.75) is 19.8 Å². The van der Waals surface area contributed by atoms with Crippen LogP contribution in [0.15, 0.2) is 48.5 Å². The highest BCUT2D eigenvalue weighted by molar-refractivity contribution is 5.94. The Morgan fingerprint density at radius 3 is 2.60 bits per heavy atom. The Hall–Kier alpha value is -2.73. The van der Waals surface area contributed by atoms with Crippen molar-refractivity contribution in [3.05, 3.63) is 71.0 Å². The van der Waals surface area contributed by atoms with Gasteiger partial charge in [0.2, 0.25) is 5.91 Å². The van der Waals surface area contributed by atoms with Crippen molar-refractivity contribution in [2.24, 2.45) is 17.1 Å². The number of aryl methyl sites for hydroxylation is 2. The number of halogens is 1. The lowest BCUT2D eigenvalue weighted by molar-refractivity contribution is -0.119. The van der Waals surface area contributed by atoms with Crippen LogP contribution in [-0.4, -0.2) is 54.3 Å². The van der Waals surface area contributed by atoms with Crippen molar-refractivity contribution < 1.29 is 14.0 Å². The van der Waals surface area contributed by atoms with Crippen LogP contribution >= 0.6 is 0 Å². The largest absolute Gasteiger partial charge is 0.369 e. The quantitative estimate of drug-likeness (QED) is 0.798. The Bertz CT molecular complexity index is 928. The molecule has 0 radical (unpaired) electrons. The average molecular weight is 410 g/mol. The summed E-state index contributed by atoms with van der Waals surface area (Å²) in [5, 5.41) is 0. The van der Waals surface area contributed by atoms with Crippen molar-refractivity contribution in [3.63, 3.8) is 0 Å². The van der Waals surface area contributed by atoms with E-state index in [1.807, 2.05) is 23.1 Å². The molecule has 0 unspecified atom stereocenters. The number of primary amides is 1. The second kappa shape index (κ2) is 8.19. The standard InChI is InChI=1S/C24H28FN3O2/c1-17-9-19(11-21(25)10-17)23(30)28-13-20-12-27(14-22(26)29)15-24(20,16-28)8-7-18-5-3-2-4-6-18/h2-6,9-11,20H,7-8,12-16H2,1H3,(H2,26,29)/t20-,24+/m0/s1. The molecule has 0 aliphatic carbocycles. The predicted octanol–water partition coefficient (Wildman–Crippen LogP) is 2.63. The van der Waals surface area contributed by atoms with Crippen LogP contribution in [0.5, 0.6) is 0 Å². The maximum atomic E-state index is 13.8. The van der Waals surface area contributed by atoms with Gasteiger partial charge in [-0.1, -0.05) is 30.3 Å². The molecule has 2 aliphatic rings. The molecular formula is C24H28FN3O2. The van der Waals surface area contributed by atoms with Gasteiger partial charge in [0.15, 0.2) is 0 Å². The lowest BCUT2D eigenvalue weighted by Gasteiger charge is -2.29. The van der Waals surface area contributed by atoms with Crippen LogP contribution in [-0.2, 0) is 11.2 Å². The molecule has 2 aromatic carbocycles. The third-order valence-electron chi connectivity index (χ3n) is 6.54. The molecule has 5 nitrogen and oxygen atoms in total. The zero-order valence-corrected chi connectivity index (χ0v) is 17.3. The lowest BCUT2D eigenvalue weighted by atomic mass is 9.76. The van der Waals surface area contributed by atoms with Gasteiger partial charge in [-0.15, -0.1) is 0 Å². The first-order chi connectivity index (χ1) is 14.3. The molecule has 0 spiro atoms. The van der Waals surface area contributed by atoms with Crippen LogP contribution in [0.4, 0.5) is 4.39 Å². The van der Waals surface area contributed by atoms with Gasteiger partial charge in [-0.2, -0.15) is 0 Å². The van der Waals surface area contributed by atoms with Crippen LogP contribution in [0.25, 0.3) is 0 Å². The summed E-state index contributed by atoms with van der Waals surface area (Å²) in [4.78, 5) is 28.6. The van der Waals surface area contributed by atoms with Gasteiger partial charge in [0.1, 0.15) is 5.82 Å². The number of amides is 2. The summed E-state index contributed by atoms with van der Waals surface area (Å²) in [6.45, 7) is 4.79. The Morgan fingerprint density at radius 2 is 1.90 bits per heavy atom. The molecule has 2 aromatic rings. The molecule has 2 heterocycles. The second-order valence-electron chi connectivity index (χ2n) is 8.88. The van der Waals surface area contributed by atoms with Gasteiger partial charge < -0.3 is 10.6 Å². The Morgan fingerprint density at radius 1 is 1.13 bits per heavy atom. The van der Waals surface area contributed by atoms with Gasteiger partial charge in [-0.05, 0) is 55.0 Å². The summed E-state index contributed by atoms with van der Waals surface area (Å²) in [5.41, 5.74) is 7.76. The molecule has 2 fully saturated rings. The van der Waals surface area contributed by atoms with Gasteiger partial charge >= 0.3 is 0 Å². The van der Waals surface area contributed by atoms with E-state index in [4.69, 9.17) is 5.73 Å². The first kappa shape index (κ1) is 20.5. The van der Waals surface area contributed by atoms with Gasteiger partial charge in [0.25, 0.3) is 5.91 Å². The third-order valence-corrected chi connectivity index (χ3v) is 6.54. The van der Waals surface area contributed by atoms with E-state index in [-0.39, 0.29) is 35.5 Å². The van der Waals surface area contributed by atoms with Crippen LogP contribution < -0.4 is 5.73 Å². The third kappa shape index (κ3) is 4.24. The van der Waals surface area contributed by atoms with E-state index in [0.717, 1.165) is 31.5 Å². The number of likely N-dealkylation sites (tertiary alicyclic amines) is 2. The molecule has 0 saturated carbocycles. The van der Waals surface area contributed by atoms with E-state index in [2.05, 4.69) is 17.0 Å². The van der Waals surface area contributed by atoms with E-state index >= 15 is 0 Å². The Balaban J connectivity index is 1.54. The fourth-order valence-electron chi connectivity index (χ4n) is 5.22. The Labute approximate surface area is 176 Å². The minimum absolute atomic E-state index is 0.0800. The number of rotatable bonds is 6. The summed E-state index contributed by atoms with van der Waals surface area (Å²) < 4.78 is 13.8. The molecule has 30 heavy (non-hydrogen) atoms. The van der Waals surface area contributed by atoms with Gasteiger partial charge in [0.05, 0.1) is 6.54 Å². The molecule has 2 N–H and O–H groups in total. The van der Waals surface area contributed by atoms with Crippen molar-refractivity contribution in [1.29, 1.82) is 0 Å².